The summed E-state index contributed by atoms with van der Waals surface area (Å²) >= 11 is 0. The van der Waals surface area contributed by atoms with Gasteiger partial charge in [-0.1, -0.05) is 24.1 Å². The molecule has 19 heavy (non-hydrogen) atoms. The number of carboxylic acids is 1. The summed E-state index contributed by atoms with van der Waals surface area (Å²) in [7, 11) is 0. The summed E-state index contributed by atoms with van der Waals surface area (Å²) in [6.07, 6.45) is 1.02. The van der Waals surface area contributed by atoms with Crippen LogP contribution in [-0.2, 0) is 9.59 Å². The van der Waals surface area contributed by atoms with Crippen molar-refractivity contribution in [3.8, 4) is 11.8 Å². The Balaban J connectivity index is 1.92. The van der Waals surface area contributed by atoms with Gasteiger partial charge < -0.3 is 10.0 Å². The molecule has 4 nitrogen and oxygen atoms in total. The number of carbonyl (C=O) groups excluding carboxylic acids is 1. The number of hydrogen-bond donors (Lipinski definition) is 1. The predicted octanol–water partition coefficient (Wildman–Crippen LogP) is 1.36. The fourth-order valence-electron chi connectivity index (χ4n) is 2.06. The highest BCUT2D eigenvalue weighted by Crippen LogP contribution is 2.17. The molecule has 0 atom stereocenters. The molecule has 1 aromatic rings. The normalized spacial score (nSPS) is 15.5. The van der Waals surface area contributed by atoms with E-state index in [0.29, 0.717) is 25.9 Å². The van der Waals surface area contributed by atoms with Gasteiger partial charge in [0.2, 0.25) is 0 Å². The van der Waals surface area contributed by atoms with E-state index in [9.17, 15) is 9.59 Å². The summed E-state index contributed by atoms with van der Waals surface area (Å²) in [6.45, 7) is 0.943. The van der Waals surface area contributed by atoms with Gasteiger partial charge in [-0.05, 0) is 25.0 Å². The summed E-state index contributed by atoms with van der Waals surface area (Å²) < 4.78 is 0. The number of piperidine rings is 1. The number of rotatable bonds is 1. The van der Waals surface area contributed by atoms with E-state index in [2.05, 4.69) is 11.8 Å². The van der Waals surface area contributed by atoms with Crippen molar-refractivity contribution in [1.82, 2.24) is 4.90 Å². The van der Waals surface area contributed by atoms with E-state index in [1.165, 1.54) is 0 Å². The molecule has 1 aliphatic rings. The smallest absolute Gasteiger partial charge is 0.306 e. The first-order chi connectivity index (χ1) is 9.16. The van der Waals surface area contributed by atoms with Gasteiger partial charge in [-0.25, -0.2) is 0 Å². The summed E-state index contributed by atoms with van der Waals surface area (Å²) in [4.78, 5) is 24.3. The van der Waals surface area contributed by atoms with Crippen molar-refractivity contribution in [3.63, 3.8) is 0 Å². The Morgan fingerprint density at radius 3 is 2.37 bits per heavy atom. The Morgan fingerprint density at radius 1 is 1.16 bits per heavy atom. The highest BCUT2D eigenvalue weighted by molar-refractivity contribution is 5.94. The highest BCUT2D eigenvalue weighted by atomic mass is 16.4. The Morgan fingerprint density at radius 2 is 1.79 bits per heavy atom. The largest absolute Gasteiger partial charge is 0.481 e. The minimum Gasteiger partial charge on any atom is -0.481 e. The number of nitrogens with zero attached hydrogens (tertiary/aromatic N) is 1. The number of carboxylic acid groups (broad SMARTS) is 1. The molecule has 0 bridgehead atoms. The second kappa shape index (κ2) is 6.05. The maximum Gasteiger partial charge on any atom is 0.306 e. The first-order valence-corrected chi connectivity index (χ1v) is 6.25. The third kappa shape index (κ3) is 3.59. The Hall–Kier alpha value is -2.28. The molecule has 1 N–H and O–H groups in total. The molecular formula is C15H15NO3. The van der Waals surface area contributed by atoms with E-state index in [1.54, 1.807) is 4.90 Å². The Bertz CT molecular complexity index is 519. The lowest BCUT2D eigenvalue weighted by Gasteiger charge is -2.28. The molecule has 1 aromatic carbocycles. The van der Waals surface area contributed by atoms with Gasteiger partial charge >= 0.3 is 5.97 Å². The van der Waals surface area contributed by atoms with Gasteiger partial charge in [0.15, 0.2) is 0 Å². The number of aliphatic carboxylic acids is 1. The van der Waals surface area contributed by atoms with E-state index >= 15 is 0 Å². The fourth-order valence-corrected chi connectivity index (χ4v) is 2.06. The molecule has 0 spiro atoms. The molecule has 98 valence electrons. The third-order valence-electron chi connectivity index (χ3n) is 3.22. The number of amides is 1. The predicted molar refractivity (Wildman–Crippen MR) is 70.3 cm³/mol. The SMILES string of the molecule is O=C(O)C1CCN(C(=O)C#Cc2ccccc2)CC1. The van der Waals surface area contributed by atoms with Gasteiger partial charge in [0.25, 0.3) is 5.91 Å². The van der Waals surface area contributed by atoms with Crippen molar-refractivity contribution in [3.05, 3.63) is 35.9 Å². The molecule has 1 aliphatic heterocycles. The number of carbonyl (C=O) groups is 2. The highest BCUT2D eigenvalue weighted by Gasteiger charge is 2.26. The number of likely N-dealkylation sites (tertiary alicyclic amines) is 1. The van der Waals surface area contributed by atoms with E-state index in [0.717, 1.165) is 5.56 Å². The fraction of sp³-hybridized carbons (Fsp3) is 0.333. The van der Waals surface area contributed by atoms with Gasteiger partial charge in [0, 0.05) is 24.6 Å². The van der Waals surface area contributed by atoms with Crippen LogP contribution >= 0.6 is 0 Å². The van der Waals surface area contributed by atoms with E-state index in [4.69, 9.17) is 5.11 Å². The summed E-state index contributed by atoms with van der Waals surface area (Å²) in [5, 5.41) is 8.88. The topological polar surface area (TPSA) is 57.6 Å². The van der Waals surface area contributed by atoms with Crippen molar-refractivity contribution < 1.29 is 14.7 Å². The average molecular weight is 257 g/mol. The maximum atomic E-state index is 11.9. The van der Waals surface area contributed by atoms with Gasteiger partial charge in [0.05, 0.1) is 5.92 Å². The van der Waals surface area contributed by atoms with Crippen LogP contribution < -0.4 is 0 Å². The number of hydrogen-bond acceptors (Lipinski definition) is 2. The molecule has 0 aliphatic carbocycles. The van der Waals surface area contributed by atoms with Crippen molar-refractivity contribution in [2.24, 2.45) is 5.92 Å². The van der Waals surface area contributed by atoms with Crippen LogP contribution in [0.2, 0.25) is 0 Å². The first-order valence-electron chi connectivity index (χ1n) is 6.25. The van der Waals surface area contributed by atoms with Crippen molar-refractivity contribution in [2.45, 2.75) is 12.8 Å². The zero-order valence-electron chi connectivity index (χ0n) is 10.5. The molecule has 1 heterocycles. The molecule has 0 unspecified atom stereocenters. The molecule has 1 saturated heterocycles. The number of benzene rings is 1. The van der Waals surface area contributed by atoms with Crippen LogP contribution in [0, 0.1) is 17.8 Å². The lowest BCUT2D eigenvalue weighted by molar-refractivity contribution is -0.144. The van der Waals surface area contributed by atoms with Crippen LogP contribution in [0.15, 0.2) is 30.3 Å². The molecule has 0 saturated carbocycles. The van der Waals surface area contributed by atoms with E-state index < -0.39 is 5.97 Å². The molecule has 1 fully saturated rings. The monoisotopic (exact) mass is 257 g/mol. The third-order valence-corrected chi connectivity index (χ3v) is 3.22. The summed E-state index contributed by atoms with van der Waals surface area (Å²) in [6, 6.07) is 9.32. The lowest BCUT2D eigenvalue weighted by Crippen LogP contribution is -2.39. The molecule has 4 heteroatoms. The zero-order chi connectivity index (χ0) is 13.7. The molecular weight excluding hydrogens is 242 g/mol. The van der Waals surface area contributed by atoms with Crippen molar-refractivity contribution in [1.29, 1.82) is 0 Å². The van der Waals surface area contributed by atoms with Gasteiger partial charge in [0.1, 0.15) is 0 Å². The van der Waals surface area contributed by atoms with Crippen LogP contribution in [0.5, 0.6) is 0 Å². The summed E-state index contributed by atoms with van der Waals surface area (Å²) in [5.74, 6) is 4.09. The van der Waals surface area contributed by atoms with Crippen LogP contribution in [0.3, 0.4) is 0 Å². The molecule has 0 radical (unpaired) electrons. The van der Waals surface area contributed by atoms with Gasteiger partial charge in [-0.3, -0.25) is 9.59 Å². The quantitative estimate of drug-likeness (QED) is 0.773. The Labute approximate surface area is 112 Å². The zero-order valence-corrected chi connectivity index (χ0v) is 10.5. The summed E-state index contributed by atoms with van der Waals surface area (Å²) in [5.41, 5.74) is 0.802. The van der Waals surface area contributed by atoms with Crippen LogP contribution in [0.1, 0.15) is 18.4 Å². The Kier molecular flexibility index (Phi) is 4.19. The maximum absolute atomic E-state index is 11.9. The first kappa shape index (κ1) is 13.2. The van der Waals surface area contributed by atoms with Crippen LogP contribution in [0.4, 0.5) is 0 Å². The van der Waals surface area contributed by atoms with Crippen molar-refractivity contribution in [2.75, 3.05) is 13.1 Å². The van der Waals surface area contributed by atoms with Crippen molar-refractivity contribution >= 4 is 11.9 Å². The average Bonchev–Trinajstić information content (AvgIpc) is 2.46. The lowest BCUT2D eigenvalue weighted by atomic mass is 9.97. The minimum atomic E-state index is -0.775. The van der Waals surface area contributed by atoms with Crippen LogP contribution in [-0.4, -0.2) is 35.0 Å². The van der Waals surface area contributed by atoms with Gasteiger partial charge in [-0.2, -0.15) is 0 Å². The molecule has 2 rings (SSSR count). The van der Waals surface area contributed by atoms with E-state index in [-0.39, 0.29) is 11.8 Å². The van der Waals surface area contributed by atoms with Crippen LogP contribution in [0.25, 0.3) is 0 Å². The molecule has 0 aromatic heterocycles. The minimum absolute atomic E-state index is 0.229. The standard InChI is InChI=1S/C15H15NO3/c17-14(7-6-12-4-2-1-3-5-12)16-10-8-13(9-11-16)15(18)19/h1-5,13H,8-11H2,(H,18,19). The molecule has 1 amide bonds. The van der Waals surface area contributed by atoms with E-state index in [1.807, 2.05) is 30.3 Å². The van der Waals surface area contributed by atoms with Gasteiger partial charge in [-0.15, -0.1) is 0 Å². The second-order valence-electron chi connectivity index (χ2n) is 4.52. The second-order valence-corrected chi connectivity index (χ2v) is 4.52.